The molecular formula is C16H19N3OS. The molecule has 0 bridgehead atoms. The first-order valence-corrected chi connectivity index (χ1v) is 8.08. The van der Waals surface area contributed by atoms with E-state index in [1.54, 1.807) is 11.8 Å². The minimum absolute atomic E-state index is 0.462. The molecule has 0 aliphatic heterocycles. The first-order valence-electron chi connectivity index (χ1n) is 7.09. The molecule has 0 unspecified atom stereocenters. The molecule has 3 aromatic rings. The zero-order valence-electron chi connectivity index (χ0n) is 12.2. The van der Waals surface area contributed by atoms with Crippen LogP contribution in [0.3, 0.4) is 0 Å². The van der Waals surface area contributed by atoms with Gasteiger partial charge in [-0.3, -0.25) is 0 Å². The molecule has 0 aliphatic rings. The normalized spacial score (nSPS) is 11.6. The van der Waals surface area contributed by atoms with Crippen molar-refractivity contribution < 1.29 is 4.42 Å². The van der Waals surface area contributed by atoms with Gasteiger partial charge in [-0.1, -0.05) is 37.7 Å². The van der Waals surface area contributed by atoms with Gasteiger partial charge in [0, 0.05) is 6.04 Å². The number of hydrogen-bond donors (Lipinski definition) is 2. The van der Waals surface area contributed by atoms with E-state index in [4.69, 9.17) is 4.42 Å². The van der Waals surface area contributed by atoms with Crippen molar-refractivity contribution in [2.45, 2.75) is 37.3 Å². The number of benzene rings is 1. The molecule has 0 aliphatic carbocycles. The number of hydrogen-bond acceptors (Lipinski definition) is 4. The van der Waals surface area contributed by atoms with Gasteiger partial charge < -0.3 is 14.7 Å². The number of imidazole rings is 1. The summed E-state index contributed by atoms with van der Waals surface area (Å²) in [6.45, 7) is 5.02. The lowest BCUT2D eigenvalue weighted by atomic mass is 10.3. The molecule has 0 spiro atoms. The summed E-state index contributed by atoms with van der Waals surface area (Å²) in [6.07, 6.45) is 0. The minimum Gasteiger partial charge on any atom is -0.464 e. The van der Waals surface area contributed by atoms with Crippen molar-refractivity contribution in [3.8, 4) is 0 Å². The van der Waals surface area contributed by atoms with Crippen LogP contribution in [0.15, 0.2) is 46.0 Å². The van der Waals surface area contributed by atoms with Gasteiger partial charge in [0.2, 0.25) is 0 Å². The first-order chi connectivity index (χ1) is 10.2. The zero-order valence-corrected chi connectivity index (χ0v) is 13.0. The van der Waals surface area contributed by atoms with E-state index in [0.717, 1.165) is 40.0 Å². The number of H-pyrrole nitrogens is 1. The lowest BCUT2D eigenvalue weighted by Crippen LogP contribution is -2.21. The Morgan fingerprint density at radius 3 is 2.81 bits per heavy atom. The summed E-state index contributed by atoms with van der Waals surface area (Å²) in [5.41, 5.74) is 2.07. The third kappa shape index (κ3) is 3.68. The predicted molar refractivity (Wildman–Crippen MR) is 86.3 cm³/mol. The summed E-state index contributed by atoms with van der Waals surface area (Å²) in [7, 11) is 0. The van der Waals surface area contributed by atoms with Gasteiger partial charge >= 0.3 is 0 Å². The molecule has 0 atom stereocenters. The van der Waals surface area contributed by atoms with Crippen LogP contribution in [0.1, 0.15) is 25.4 Å². The Labute approximate surface area is 128 Å². The van der Waals surface area contributed by atoms with Crippen LogP contribution in [0.2, 0.25) is 0 Å². The summed E-state index contributed by atoms with van der Waals surface area (Å²) < 4.78 is 5.80. The van der Waals surface area contributed by atoms with Crippen molar-refractivity contribution >= 4 is 22.8 Å². The molecule has 0 saturated carbocycles. The molecule has 2 aromatic heterocycles. The van der Waals surface area contributed by atoms with E-state index in [1.165, 1.54) is 0 Å². The van der Waals surface area contributed by atoms with Crippen LogP contribution in [-0.4, -0.2) is 16.0 Å². The van der Waals surface area contributed by atoms with Crippen LogP contribution in [0, 0.1) is 0 Å². The molecule has 4 nitrogen and oxygen atoms in total. The molecule has 2 heterocycles. The molecule has 110 valence electrons. The number of aromatic nitrogens is 2. The number of para-hydroxylation sites is 2. The Morgan fingerprint density at radius 2 is 2.00 bits per heavy atom. The number of aromatic amines is 1. The molecule has 0 saturated heterocycles. The number of nitrogens with one attached hydrogen (secondary N) is 2. The molecule has 0 fully saturated rings. The summed E-state index contributed by atoms with van der Waals surface area (Å²) in [5, 5.41) is 4.27. The minimum atomic E-state index is 0.462. The fraction of sp³-hybridized carbons (Fsp3) is 0.312. The maximum Gasteiger partial charge on any atom is 0.166 e. The van der Waals surface area contributed by atoms with Crippen molar-refractivity contribution in [1.29, 1.82) is 0 Å². The average molecular weight is 301 g/mol. The molecule has 0 radical (unpaired) electrons. The third-order valence-corrected chi connectivity index (χ3v) is 4.02. The monoisotopic (exact) mass is 301 g/mol. The van der Waals surface area contributed by atoms with E-state index in [2.05, 4.69) is 29.1 Å². The topological polar surface area (TPSA) is 53.9 Å². The predicted octanol–water partition coefficient (Wildman–Crippen LogP) is 3.95. The van der Waals surface area contributed by atoms with Crippen LogP contribution in [0.5, 0.6) is 0 Å². The number of thioether (sulfide) groups is 1. The molecule has 5 heteroatoms. The highest BCUT2D eigenvalue weighted by Gasteiger charge is 2.06. The number of fused-ring (bicyclic) bond motifs is 1. The molecular weight excluding hydrogens is 282 g/mol. The van der Waals surface area contributed by atoms with E-state index in [9.17, 15) is 0 Å². The highest BCUT2D eigenvalue weighted by atomic mass is 32.2. The maximum atomic E-state index is 5.80. The fourth-order valence-electron chi connectivity index (χ4n) is 2.04. The van der Waals surface area contributed by atoms with Crippen molar-refractivity contribution in [2.24, 2.45) is 0 Å². The molecule has 0 amide bonds. The van der Waals surface area contributed by atoms with Crippen LogP contribution < -0.4 is 5.32 Å². The van der Waals surface area contributed by atoms with Crippen molar-refractivity contribution in [2.75, 3.05) is 0 Å². The van der Waals surface area contributed by atoms with Crippen LogP contribution in [0.25, 0.3) is 11.0 Å². The standard InChI is InChI=1S/C16H19N3OS/c1-11(2)17-9-12-7-8-13(20-12)10-21-16-18-14-5-3-4-6-15(14)19-16/h3-8,11,17H,9-10H2,1-2H3,(H,18,19). The van der Waals surface area contributed by atoms with E-state index >= 15 is 0 Å². The van der Waals surface area contributed by atoms with Gasteiger partial charge in [0.1, 0.15) is 11.5 Å². The highest BCUT2D eigenvalue weighted by Crippen LogP contribution is 2.23. The molecule has 2 N–H and O–H groups in total. The summed E-state index contributed by atoms with van der Waals surface area (Å²) in [6, 6.07) is 12.6. The zero-order chi connectivity index (χ0) is 14.7. The highest BCUT2D eigenvalue weighted by molar-refractivity contribution is 7.98. The second-order valence-corrected chi connectivity index (χ2v) is 6.22. The maximum absolute atomic E-state index is 5.80. The SMILES string of the molecule is CC(C)NCc1ccc(CSc2nc3ccccc3[nH]2)o1. The van der Waals surface area contributed by atoms with Gasteiger partial charge in [0.15, 0.2) is 5.16 Å². The number of rotatable bonds is 6. The lowest BCUT2D eigenvalue weighted by molar-refractivity contribution is 0.445. The van der Waals surface area contributed by atoms with Crippen molar-refractivity contribution in [3.63, 3.8) is 0 Å². The second-order valence-electron chi connectivity index (χ2n) is 5.25. The van der Waals surface area contributed by atoms with E-state index in [0.29, 0.717) is 6.04 Å². The Hall–Kier alpha value is -1.72. The van der Waals surface area contributed by atoms with E-state index in [-0.39, 0.29) is 0 Å². The van der Waals surface area contributed by atoms with Gasteiger partial charge in [-0.05, 0) is 24.3 Å². The Balaban J connectivity index is 1.59. The van der Waals surface area contributed by atoms with Gasteiger partial charge in [-0.15, -0.1) is 0 Å². The average Bonchev–Trinajstić information content (AvgIpc) is 3.09. The first kappa shape index (κ1) is 14.2. The Morgan fingerprint density at radius 1 is 1.19 bits per heavy atom. The van der Waals surface area contributed by atoms with Crippen LogP contribution in [-0.2, 0) is 12.3 Å². The quantitative estimate of drug-likeness (QED) is 0.677. The molecule has 21 heavy (non-hydrogen) atoms. The Bertz CT molecular complexity index is 684. The van der Waals surface area contributed by atoms with E-state index < -0.39 is 0 Å². The van der Waals surface area contributed by atoms with Gasteiger partial charge in [0.05, 0.1) is 23.3 Å². The van der Waals surface area contributed by atoms with Crippen LogP contribution in [0.4, 0.5) is 0 Å². The smallest absolute Gasteiger partial charge is 0.166 e. The largest absolute Gasteiger partial charge is 0.464 e. The molecule has 1 aromatic carbocycles. The fourth-order valence-corrected chi connectivity index (χ4v) is 2.82. The lowest BCUT2D eigenvalue weighted by Gasteiger charge is -2.04. The molecule has 3 rings (SSSR count). The second kappa shape index (κ2) is 6.37. The number of furan rings is 1. The number of nitrogens with zero attached hydrogens (tertiary/aromatic N) is 1. The summed E-state index contributed by atoms with van der Waals surface area (Å²) >= 11 is 1.66. The van der Waals surface area contributed by atoms with Crippen molar-refractivity contribution in [3.05, 3.63) is 47.9 Å². The van der Waals surface area contributed by atoms with Crippen LogP contribution >= 0.6 is 11.8 Å². The van der Waals surface area contributed by atoms with Gasteiger partial charge in [0.25, 0.3) is 0 Å². The summed E-state index contributed by atoms with van der Waals surface area (Å²) in [5.74, 6) is 2.73. The third-order valence-electron chi connectivity index (χ3n) is 3.12. The van der Waals surface area contributed by atoms with Crippen molar-refractivity contribution in [1.82, 2.24) is 15.3 Å². The van der Waals surface area contributed by atoms with Gasteiger partial charge in [-0.25, -0.2) is 4.98 Å². The van der Waals surface area contributed by atoms with Gasteiger partial charge in [-0.2, -0.15) is 0 Å². The van der Waals surface area contributed by atoms with E-state index in [1.807, 2.05) is 36.4 Å². The summed E-state index contributed by atoms with van der Waals surface area (Å²) in [4.78, 5) is 7.86. The Kier molecular flexibility index (Phi) is 4.31.